The molecule has 1 amide bonds. The maximum absolute atomic E-state index is 11.0. The second-order valence-corrected chi connectivity index (χ2v) is 3.17. The lowest BCUT2D eigenvalue weighted by molar-refractivity contribution is -0.385. The van der Waals surface area contributed by atoms with E-state index < -0.39 is 34.7 Å². The standard InChI is InChI=1S/C10H10N2O6/c1-11-8(13)5-18-7-4-2-3-6(12(16)17)9(7)10(14)15/h2-4H,5H2,1H3,(H,11,13)(H,14,15). The van der Waals surface area contributed by atoms with E-state index in [2.05, 4.69) is 5.32 Å². The molecular weight excluding hydrogens is 244 g/mol. The van der Waals surface area contributed by atoms with Gasteiger partial charge >= 0.3 is 5.97 Å². The van der Waals surface area contributed by atoms with Gasteiger partial charge in [-0.25, -0.2) is 4.79 Å². The zero-order valence-corrected chi connectivity index (χ0v) is 9.37. The summed E-state index contributed by atoms with van der Waals surface area (Å²) in [7, 11) is 1.39. The molecule has 0 aromatic heterocycles. The van der Waals surface area contributed by atoms with Crippen LogP contribution in [-0.2, 0) is 4.79 Å². The Hall–Kier alpha value is -2.64. The minimum absolute atomic E-state index is 0.222. The molecule has 0 atom stereocenters. The van der Waals surface area contributed by atoms with Crippen LogP contribution in [0.5, 0.6) is 5.75 Å². The number of rotatable bonds is 5. The topological polar surface area (TPSA) is 119 Å². The Balaban J connectivity index is 3.11. The van der Waals surface area contributed by atoms with Crippen LogP contribution in [0.25, 0.3) is 0 Å². The fraction of sp³-hybridized carbons (Fsp3) is 0.200. The molecule has 0 aliphatic heterocycles. The zero-order valence-electron chi connectivity index (χ0n) is 9.37. The van der Waals surface area contributed by atoms with Crippen molar-refractivity contribution in [1.82, 2.24) is 5.32 Å². The second kappa shape index (κ2) is 5.62. The molecule has 0 saturated carbocycles. The van der Waals surface area contributed by atoms with E-state index in [0.717, 1.165) is 6.07 Å². The molecule has 0 aliphatic rings. The maximum Gasteiger partial charge on any atom is 0.346 e. The van der Waals surface area contributed by atoms with Crippen LogP contribution in [-0.4, -0.2) is 35.6 Å². The Labute approximate surface area is 101 Å². The third kappa shape index (κ3) is 2.94. The Morgan fingerprint density at radius 1 is 1.50 bits per heavy atom. The van der Waals surface area contributed by atoms with Crippen molar-refractivity contribution in [2.75, 3.05) is 13.7 Å². The number of likely N-dealkylation sites (N-methyl/N-ethyl adjacent to an activating group) is 1. The number of carboxylic acid groups (broad SMARTS) is 1. The summed E-state index contributed by atoms with van der Waals surface area (Å²) in [6, 6.07) is 3.58. The lowest BCUT2D eigenvalue weighted by Gasteiger charge is -2.08. The Kier molecular flexibility index (Phi) is 4.19. The Morgan fingerprint density at radius 2 is 2.17 bits per heavy atom. The Morgan fingerprint density at radius 3 is 2.67 bits per heavy atom. The van der Waals surface area contributed by atoms with Crippen LogP contribution >= 0.6 is 0 Å². The predicted molar refractivity (Wildman–Crippen MR) is 59.6 cm³/mol. The minimum Gasteiger partial charge on any atom is -0.483 e. The number of amides is 1. The highest BCUT2D eigenvalue weighted by atomic mass is 16.6. The fourth-order valence-corrected chi connectivity index (χ4v) is 1.22. The van der Waals surface area contributed by atoms with Gasteiger partial charge in [-0.2, -0.15) is 0 Å². The largest absolute Gasteiger partial charge is 0.483 e. The van der Waals surface area contributed by atoms with E-state index in [1.54, 1.807) is 0 Å². The van der Waals surface area contributed by atoms with Crippen LogP contribution in [0, 0.1) is 10.1 Å². The van der Waals surface area contributed by atoms with Crippen molar-refractivity contribution < 1.29 is 24.4 Å². The number of nitrogens with zero attached hydrogens (tertiary/aromatic N) is 1. The molecule has 1 rings (SSSR count). The van der Waals surface area contributed by atoms with Crippen molar-refractivity contribution in [3.63, 3.8) is 0 Å². The highest BCUT2D eigenvalue weighted by Crippen LogP contribution is 2.28. The first kappa shape index (κ1) is 13.4. The monoisotopic (exact) mass is 254 g/mol. The van der Waals surface area contributed by atoms with Crippen molar-refractivity contribution in [1.29, 1.82) is 0 Å². The van der Waals surface area contributed by atoms with Crippen molar-refractivity contribution in [2.24, 2.45) is 0 Å². The third-order valence-electron chi connectivity index (χ3n) is 2.05. The summed E-state index contributed by atoms with van der Waals surface area (Å²) < 4.78 is 4.94. The molecule has 2 N–H and O–H groups in total. The fourth-order valence-electron chi connectivity index (χ4n) is 1.22. The first-order chi connectivity index (χ1) is 8.47. The number of aromatic carboxylic acids is 1. The van der Waals surface area contributed by atoms with Gasteiger partial charge in [-0.05, 0) is 6.07 Å². The van der Waals surface area contributed by atoms with Gasteiger partial charge in [0.1, 0.15) is 5.75 Å². The first-order valence-electron chi connectivity index (χ1n) is 4.81. The normalized spacial score (nSPS) is 9.61. The summed E-state index contributed by atoms with van der Waals surface area (Å²) in [5, 5.41) is 21.9. The SMILES string of the molecule is CNC(=O)COc1cccc([N+](=O)[O-])c1C(=O)O. The van der Waals surface area contributed by atoms with Crippen LogP contribution in [0.3, 0.4) is 0 Å². The van der Waals surface area contributed by atoms with Gasteiger partial charge in [0, 0.05) is 13.1 Å². The van der Waals surface area contributed by atoms with E-state index in [4.69, 9.17) is 9.84 Å². The van der Waals surface area contributed by atoms with Crippen molar-refractivity contribution in [2.45, 2.75) is 0 Å². The molecule has 0 spiro atoms. The number of carbonyl (C=O) groups excluding carboxylic acids is 1. The van der Waals surface area contributed by atoms with Gasteiger partial charge in [0.05, 0.1) is 4.92 Å². The molecule has 0 fully saturated rings. The maximum atomic E-state index is 11.0. The average Bonchev–Trinajstić information content (AvgIpc) is 2.34. The van der Waals surface area contributed by atoms with Crippen molar-refractivity contribution >= 4 is 17.6 Å². The molecule has 8 heteroatoms. The second-order valence-electron chi connectivity index (χ2n) is 3.17. The molecule has 1 aromatic rings. The molecule has 0 bridgehead atoms. The number of hydrogen-bond donors (Lipinski definition) is 2. The number of carbonyl (C=O) groups is 2. The van der Waals surface area contributed by atoms with Gasteiger partial charge in [0.2, 0.25) is 0 Å². The summed E-state index contributed by atoms with van der Waals surface area (Å²) in [6.07, 6.45) is 0. The number of ether oxygens (including phenoxy) is 1. The summed E-state index contributed by atoms with van der Waals surface area (Å²) >= 11 is 0. The van der Waals surface area contributed by atoms with E-state index in [1.165, 1.54) is 19.2 Å². The zero-order chi connectivity index (χ0) is 13.7. The van der Waals surface area contributed by atoms with Crippen LogP contribution in [0.15, 0.2) is 18.2 Å². The van der Waals surface area contributed by atoms with Crippen molar-refractivity contribution in [3.8, 4) is 5.75 Å². The molecule has 18 heavy (non-hydrogen) atoms. The average molecular weight is 254 g/mol. The highest BCUT2D eigenvalue weighted by molar-refractivity contribution is 5.95. The molecular formula is C10H10N2O6. The molecule has 0 aliphatic carbocycles. The van der Waals surface area contributed by atoms with E-state index >= 15 is 0 Å². The van der Waals surface area contributed by atoms with Gasteiger partial charge in [-0.1, -0.05) is 6.07 Å². The molecule has 0 heterocycles. The number of nitrogens with one attached hydrogen (secondary N) is 1. The number of carboxylic acids is 1. The van der Waals surface area contributed by atoms with Crippen LogP contribution in [0.1, 0.15) is 10.4 Å². The van der Waals surface area contributed by atoms with Gasteiger partial charge < -0.3 is 15.2 Å². The van der Waals surface area contributed by atoms with Crippen LogP contribution in [0.2, 0.25) is 0 Å². The molecule has 1 aromatic carbocycles. The smallest absolute Gasteiger partial charge is 0.346 e. The van der Waals surface area contributed by atoms with E-state index in [9.17, 15) is 19.7 Å². The third-order valence-corrected chi connectivity index (χ3v) is 2.05. The Bertz CT molecular complexity index is 499. The lowest BCUT2D eigenvalue weighted by atomic mass is 10.1. The van der Waals surface area contributed by atoms with Crippen LogP contribution < -0.4 is 10.1 Å². The van der Waals surface area contributed by atoms with Gasteiger partial charge in [0.15, 0.2) is 12.2 Å². The van der Waals surface area contributed by atoms with Gasteiger partial charge in [0.25, 0.3) is 11.6 Å². The summed E-state index contributed by atoms with van der Waals surface area (Å²) in [6.45, 7) is -0.419. The van der Waals surface area contributed by atoms with Crippen molar-refractivity contribution in [3.05, 3.63) is 33.9 Å². The number of benzene rings is 1. The predicted octanol–water partition coefficient (Wildman–Crippen LogP) is 0.418. The molecule has 8 nitrogen and oxygen atoms in total. The minimum atomic E-state index is -1.49. The van der Waals surface area contributed by atoms with E-state index in [1.807, 2.05) is 0 Å². The van der Waals surface area contributed by atoms with E-state index in [0.29, 0.717) is 0 Å². The molecule has 0 radical (unpaired) electrons. The highest BCUT2D eigenvalue weighted by Gasteiger charge is 2.24. The quantitative estimate of drug-likeness (QED) is 0.580. The summed E-state index contributed by atoms with van der Waals surface area (Å²) in [5.74, 6) is -2.19. The van der Waals surface area contributed by atoms with Gasteiger partial charge in [-0.15, -0.1) is 0 Å². The number of nitro benzene ring substituents is 1. The summed E-state index contributed by atoms with van der Waals surface area (Å²) in [5.41, 5.74) is -1.16. The molecule has 0 saturated heterocycles. The summed E-state index contributed by atoms with van der Waals surface area (Å²) in [4.78, 5) is 31.8. The molecule has 96 valence electrons. The van der Waals surface area contributed by atoms with E-state index in [-0.39, 0.29) is 5.75 Å². The van der Waals surface area contributed by atoms with Crippen LogP contribution in [0.4, 0.5) is 5.69 Å². The number of nitro groups is 1. The number of hydrogen-bond acceptors (Lipinski definition) is 5. The molecule has 0 unspecified atom stereocenters. The lowest BCUT2D eigenvalue weighted by Crippen LogP contribution is -2.25. The first-order valence-corrected chi connectivity index (χ1v) is 4.81. The van der Waals surface area contributed by atoms with Gasteiger partial charge in [-0.3, -0.25) is 14.9 Å².